The first-order chi connectivity index (χ1) is 20.5. The second kappa shape index (κ2) is 15.8. The van der Waals surface area contributed by atoms with Gasteiger partial charge in [-0.1, -0.05) is 72.5 Å². The number of hydroxylamine groups is 2. The molecule has 1 fully saturated rings. The zero-order valence-corrected chi connectivity index (χ0v) is 23.7. The molecule has 220 valence electrons. The lowest BCUT2D eigenvalue weighted by Crippen LogP contribution is -2.50. The van der Waals surface area contributed by atoms with Crippen LogP contribution in [0.5, 0.6) is 0 Å². The van der Waals surface area contributed by atoms with Crippen molar-refractivity contribution in [3.05, 3.63) is 107 Å². The summed E-state index contributed by atoms with van der Waals surface area (Å²) in [6.07, 6.45) is -1.59. The molecule has 9 heteroatoms. The van der Waals surface area contributed by atoms with Crippen molar-refractivity contribution in [1.29, 1.82) is 0 Å². The number of aliphatic hydroxyl groups excluding tert-OH is 2. The Bertz CT molecular complexity index is 1360. The number of hydrogen-bond acceptors (Lipinski definition) is 7. The smallest absolute Gasteiger partial charge is 0.252 e. The zero-order chi connectivity index (χ0) is 29.7. The maximum absolute atomic E-state index is 13.3. The number of amides is 2. The molecule has 0 unspecified atom stereocenters. The average Bonchev–Trinajstić information content (AvgIpc) is 3.38. The average molecular weight is 571 g/mol. The Balaban J connectivity index is 1.35. The molecule has 0 saturated carbocycles. The molecule has 5 N–H and O–H groups in total. The molecule has 0 bridgehead atoms. The van der Waals surface area contributed by atoms with E-state index in [1.54, 1.807) is 31.2 Å². The highest BCUT2D eigenvalue weighted by atomic mass is 16.7. The van der Waals surface area contributed by atoms with Gasteiger partial charge < -0.3 is 26.2 Å². The van der Waals surface area contributed by atoms with Gasteiger partial charge >= 0.3 is 0 Å². The summed E-state index contributed by atoms with van der Waals surface area (Å²) < 4.78 is 0. The van der Waals surface area contributed by atoms with Gasteiger partial charge in [-0.15, -0.1) is 0 Å². The number of hydrogen-bond donors (Lipinski definition) is 5. The molecule has 42 heavy (non-hydrogen) atoms. The van der Waals surface area contributed by atoms with Gasteiger partial charge in [-0.3, -0.25) is 14.4 Å². The summed E-state index contributed by atoms with van der Waals surface area (Å²) in [7, 11) is 0. The van der Waals surface area contributed by atoms with Crippen LogP contribution in [0.1, 0.15) is 34.0 Å². The maximum Gasteiger partial charge on any atom is 0.252 e. The van der Waals surface area contributed by atoms with Crippen LogP contribution in [-0.2, 0) is 22.7 Å². The molecular formula is C33H38N4O5. The normalized spacial score (nSPS) is 19.0. The molecule has 2 amide bonds. The maximum atomic E-state index is 13.3. The van der Waals surface area contributed by atoms with Gasteiger partial charge in [-0.05, 0) is 42.3 Å². The van der Waals surface area contributed by atoms with E-state index in [0.717, 1.165) is 16.7 Å². The summed E-state index contributed by atoms with van der Waals surface area (Å²) in [5, 5.41) is 31.0. The standard InChI is InChI=1S/C33H38N4O5/c1-24(39)30-29(23-38)42-37(31(30)33(41)36-19-18-34-21-26-10-4-2-5-11-26)22-27-13-8-12-25(20-27)14-9-17-35-32(40)28-15-6-3-7-16-28/h2-8,10-13,15-16,20,24,29-31,34,38-39H,17-19,21-23H2,1H3,(H,35,40)(H,36,41)/t24-,29-,30+,31-/m1/s1. The van der Waals surface area contributed by atoms with E-state index in [9.17, 15) is 19.8 Å². The molecular weight excluding hydrogens is 532 g/mol. The van der Waals surface area contributed by atoms with Gasteiger partial charge in [0.05, 0.1) is 25.8 Å². The highest BCUT2D eigenvalue weighted by Gasteiger charge is 2.49. The van der Waals surface area contributed by atoms with Gasteiger partial charge in [-0.25, -0.2) is 0 Å². The fourth-order valence-corrected chi connectivity index (χ4v) is 4.97. The van der Waals surface area contributed by atoms with Crippen molar-refractivity contribution < 1.29 is 24.6 Å². The zero-order valence-electron chi connectivity index (χ0n) is 23.7. The van der Waals surface area contributed by atoms with E-state index in [1.807, 2.05) is 60.7 Å². The van der Waals surface area contributed by atoms with Crippen LogP contribution in [0, 0.1) is 17.8 Å². The van der Waals surface area contributed by atoms with Crippen LogP contribution in [-0.4, -0.2) is 71.6 Å². The predicted molar refractivity (Wildman–Crippen MR) is 160 cm³/mol. The monoisotopic (exact) mass is 570 g/mol. The number of nitrogens with one attached hydrogen (secondary N) is 3. The van der Waals surface area contributed by atoms with E-state index < -0.39 is 24.2 Å². The van der Waals surface area contributed by atoms with Crippen LogP contribution < -0.4 is 16.0 Å². The fourth-order valence-electron chi connectivity index (χ4n) is 4.97. The summed E-state index contributed by atoms with van der Waals surface area (Å²) in [5.74, 6) is 4.96. The SMILES string of the molecule is C[C@@H](O)[C@H]1[C@@H](CO)ON(Cc2cccc(C#CCNC(=O)c3ccccc3)c2)[C@H]1C(=O)NCCNCc1ccccc1. The Morgan fingerprint density at radius 2 is 1.67 bits per heavy atom. The summed E-state index contributed by atoms with van der Waals surface area (Å²) in [4.78, 5) is 31.5. The Kier molecular flexibility index (Phi) is 11.6. The first kappa shape index (κ1) is 30.9. The van der Waals surface area contributed by atoms with E-state index in [0.29, 0.717) is 25.2 Å². The number of rotatable bonds is 12. The van der Waals surface area contributed by atoms with Gasteiger partial charge in [0.2, 0.25) is 5.91 Å². The highest BCUT2D eigenvalue weighted by molar-refractivity contribution is 5.94. The van der Waals surface area contributed by atoms with Crippen molar-refractivity contribution in [3.63, 3.8) is 0 Å². The molecule has 9 nitrogen and oxygen atoms in total. The number of benzene rings is 3. The number of carbonyl (C=O) groups excluding carboxylic acids is 2. The lowest BCUT2D eigenvalue weighted by molar-refractivity contribution is -0.181. The molecule has 1 heterocycles. The van der Waals surface area contributed by atoms with Gasteiger partial charge in [0.15, 0.2) is 0 Å². The first-order valence-electron chi connectivity index (χ1n) is 14.1. The van der Waals surface area contributed by atoms with Crippen molar-refractivity contribution in [3.8, 4) is 11.8 Å². The van der Waals surface area contributed by atoms with Gasteiger partial charge in [-0.2, -0.15) is 5.06 Å². The molecule has 0 aromatic heterocycles. The quantitative estimate of drug-likeness (QED) is 0.166. The second-order valence-electron chi connectivity index (χ2n) is 10.2. The number of aliphatic hydroxyl groups is 2. The molecule has 1 saturated heterocycles. The van der Waals surface area contributed by atoms with Crippen LogP contribution in [0.3, 0.4) is 0 Å². The van der Waals surface area contributed by atoms with Crippen molar-refractivity contribution >= 4 is 11.8 Å². The second-order valence-corrected chi connectivity index (χ2v) is 10.2. The fraction of sp³-hybridized carbons (Fsp3) is 0.333. The third-order valence-corrected chi connectivity index (χ3v) is 7.02. The van der Waals surface area contributed by atoms with Gasteiger partial charge in [0.25, 0.3) is 5.91 Å². The molecule has 1 aliphatic rings. The Labute approximate surface area is 246 Å². The van der Waals surface area contributed by atoms with E-state index in [1.165, 1.54) is 5.06 Å². The van der Waals surface area contributed by atoms with Crippen LogP contribution in [0.25, 0.3) is 0 Å². The van der Waals surface area contributed by atoms with Gasteiger partial charge in [0.1, 0.15) is 12.1 Å². The van der Waals surface area contributed by atoms with Crippen molar-refractivity contribution in [2.24, 2.45) is 5.92 Å². The summed E-state index contributed by atoms with van der Waals surface area (Å²) in [6, 6.07) is 25.7. The number of nitrogens with zero attached hydrogens (tertiary/aromatic N) is 1. The lowest BCUT2D eigenvalue weighted by atomic mass is 9.89. The van der Waals surface area contributed by atoms with Crippen molar-refractivity contribution in [2.75, 3.05) is 26.2 Å². The molecule has 1 aliphatic heterocycles. The summed E-state index contributed by atoms with van der Waals surface area (Å²) in [5.41, 5.74) is 3.32. The van der Waals surface area contributed by atoms with E-state index in [4.69, 9.17) is 4.84 Å². The number of carbonyl (C=O) groups is 2. The first-order valence-corrected chi connectivity index (χ1v) is 14.1. The summed E-state index contributed by atoms with van der Waals surface area (Å²) >= 11 is 0. The Hall–Kier alpha value is -4.04. The Morgan fingerprint density at radius 3 is 2.38 bits per heavy atom. The molecule has 0 spiro atoms. The topological polar surface area (TPSA) is 123 Å². The minimum atomic E-state index is -0.873. The molecule has 3 aromatic carbocycles. The van der Waals surface area contributed by atoms with Crippen molar-refractivity contribution in [1.82, 2.24) is 21.0 Å². The largest absolute Gasteiger partial charge is 0.394 e. The Morgan fingerprint density at radius 1 is 0.952 bits per heavy atom. The third-order valence-electron chi connectivity index (χ3n) is 7.02. The molecule has 3 aromatic rings. The predicted octanol–water partition coefficient (Wildman–Crippen LogP) is 1.85. The minimum Gasteiger partial charge on any atom is -0.394 e. The van der Waals surface area contributed by atoms with E-state index in [-0.39, 0.29) is 31.5 Å². The van der Waals surface area contributed by atoms with E-state index >= 15 is 0 Å². The van der Waals surface area contributed by atoms with Gasteiger partial charge in [0, 0.05) is 36.7 Å². The third kappa shape index (κ3) is 8.73. The van der Waals surface area contributed by atoms with E-state index in [2.05, 4.69) is 27.8 Å². The highest BCUT2D eigenvalue weighted by Crippen LogP contribution is 2.32. The van der Waals surface area contributed by atoms with Crippen LogP contribution in [0.2, 0.25) is 0 Å². The van der Waals surface area contributed by atoms with Crippen molar-refractivity contribution in [2.45, 2.75) is 38.3 Å². The lowest BCUT2D eigenvalue weighted by Gasteiger charge is -2.26. The van der Waals surface area contributed by atoms with Crippen LogP contribution in [0.15, 0.2) is 84.9 Å². The molecule has 0 radical (unpaired) electrons. The molecule has 4 atom stereocenters. The van der Waals surface area contributed by atoms with Crippen LogP contribution >= 0.6 is 0 Å². The summed E-state index contributed by atoms with van der Waals surface area (Å²) in [6.45, 7) is 3.40. The molecule has 0 aliphatic carbocycles. The molecule has 4 rings (SSSR count). The van der Waals surface area contributed by atoms with Crippen LogP contribution in [0.4, 0.5) is 0 Å². The minimum absolute atomic E-state index is 0.188.